The van der Waals surface area contributed by atoms with Crippen LogP contribution >= 0.6 is 0 Å². The molecule has 146 valence electrons. The van der Waals surface area contributed by atoms with Gasteiger partial charge in [0.05, 0.1) is 6.61 Å². The first kappa shape index (κ1) is 19.9. The van der Waals surface area contributed by atoms with E-state index in [2.05, 4.69) is 56.9 Å². The second-order valence-electron chi connectivity index (χ2n) is 8.69. The Morgan fingerprint density at radius 2 is 1.70 bits per heavy atom. The molecule has 27 heavy (non-hydrogen) atoms. The standard InChI is InChI=1S/C24H32FNO/c1-5-26-15-14-23(18-6-10-21(25)11-7-18)19(16-26)17-27-22-12-8-20(9-13-22)24(2,3)4/h6-13,19,23H,5,14-17H2,1-4H3. The van der Waals surface area contributed by atoms with E-state index in [1.54, 1.807) is 12.1 Å². The average molecular weight is 370 g/mol. The largest absolute Gasteiger partial charge is 0.493 e. The first-order valence-corrected chi connectivity index (χ1v) is 10.1. The molecule has 0 aliphatic carbocycles. The smallest absolute Gasteiger partial charge is 0.123 e. The fourth-order valence-electron chi connectivity index (χ4n) is 3.97. The van der Waals surface area contributed by atoms with Crippen molar-refractivity contribution < 1.29 is 9.13 Å². The van der Waals surface area contributed by atoms with Gasteiger partial charge in [-0.05, 0) is 66.2 Å². The topological polar surface area (TPSA) is 12.5 Å². The highest BCUT2D eigenvalue weighted by molar-refractivity contribution is 5.31. The minimum atomic E-state index is -0.170. The Hall–Kier alpha value is -1.87. The number of hydrogen-bond donors (Lipinski definition) is 0. The van der Waals surface area contributed by atoms with Gasteiger partial charge >= 0.3 is 0 Å². The van der Waals surface area contributed by atoms with Gasteiger partial charge in [-0.2, -0.15) is 0 Å². The van der Waals surface area contributed by atoms with E-state index in [9.17, 15) is 4.39 Å². The first-order valence-electron chi connectivity index (χ1n) is 10.1. The van der Waals surface area contributed by atoms with Gasteiger partial charge < -0.3 is 9.64 Å². The fraction of sp³-hybridized carbons (Fsp3) is 0.500. The third-order valence-electron chi connectivity index (χ3n) is 5.75. The van der Waals surface area contributed by atoms with Crippen LogP contribution in [0.4, 0.5) is 4.39 Å². The molecule has 1 heterocycles. The Kier molecular flexibility index (Phi) is 6.21. The molecule has 2 aromatic carbocycles. The Balaban J connectivity index is 1.69. The van der Waals surface area contributed by atoms with Crippen LogP contribution in [0.15, 0.2) is 48.5 Å². The van der Waals surface area contributed by atoms with Gasteiger partial charge in [0.25, 0.3) is 0 Å². The van der Waals surface area contributed by atoms with Crippen molar-refractivity contribution in [3.05, 3.63) is 65.5 Å². The van der Waals surface area contributed by atoms with Crippen LogP contribution in [-0.2, 0) is 5.41 Å². The maximum absolute atomic E-state index is 13.3. The minimum absolute atomic E-state index is 0.150. The lowest BCUT2D eigenvalue weighted by atomic mass is 9.81. The molecule has 0 spiro atoms. The SMILES string of the molecule is CCN1CCC(c2ccc(F)cc2)C(COc2ccc(C(C)(C)C)cc2)C1. The van der Waals surface area contributed by atoms with Crippen LogP contribution < -0.4 is 4.74 Å². The third kappa shape index (κ3) is 5.10. The summed E-state index contributed by atoms with van der Waals surface area (Å²) in [6.45, 7) is 12.7. The number of rotatable bonds is 5. The van der Waals surface area contributed by atoms with Crippen molar-refractivity contribution in [1.82, 2.24) is 4.90 Å². The van der Waals surface area contributed by atoms with E-state index in [1.165, 1.54) is 11.1 Å². The summed E-state index contributed by atoms with van der Waals surface area (Å²) in [6.07, 6.45) is 1.09. The van der Waals surface area contributed by atoms with Crippen molar-refractivity contribution in [3.63, 3.8) is 0 Å². The normalized spacial score (nSPS) is 21.2. The predicted molar refractivity (Wildman–Crippen MR) is 110 cm³/mol. The lowest BCUT2D eigenvalue weighted by molar-refractivity contribution is 0.115. The molecule has 1 aliphatic heterocycles. The molecule has 2 aromatic rings. The van der Waals surface area contributed by atoms with Crippen LogP contribution in [0.25, 0.3) is 0 Å². The van der Waals surface area contributed by atoms with Crippen LogP contribution in [0, 0.1) is 11.7 Å². The number of halogens is 1. The number of likely N-dealkylation sites (tertiary alicyclic amines) is 1. The van der Waals surface area contributed by atoms with Crippen LogP contribution in [0.5, 0.6) is 5.75 Å². The summed E-state index contributed by atoms with van der Waals surface area (Å²) in [4.78, 5) is 2.48. The van der Waals surface area contributed by atoms with Crippen LogP contribution in [-0.4, -0.2) is 31.1 Å². The van der Waals surface area contributed by atoms with Crippen molar-refractivity contribution in [2.24, 2.45) is 5.92 Å². The number of piperidine rings is 1. The number of benzene rings is 2. The second-order valence-corrected chi connectivity index (χ2v) is 8.69. The molecule has 2 atom stereocenters. The van der Waals surface area contributed by atoms with Gasteiger partial charge in [-0.3, -0.25) is 0 Å². The lowest BCUT2D eigenvalue weighted by Gasteiger charge is -2.38. The van der Waals surface area contributed by atoms with Crippen molar-refractivity contribution in [1.29, 1.82) is 0 Å². The lowest BCUT2D eigenvalue weighted by Crippen LogP contribution is -2.41. The number of nitrogens with zero attached hydrogens (tertiary/aromatic N) is 1. The highest BCUT2D eigenvalue weighted by atomic mass is 19.1. The molecule has 0 aromatic heterocycles. The number of ether oxygens (including phenoxy) is 1. The minimum Gasteiger partial charge on any atom is -0.493 e. The van der Waals surface area contributed by atoms with Gasteiger partial charge in [0, 0.05) is 12.5 Å². The summed E-state index contributed by atoms with van der Waals surface area (Å²) < 4.78 is 19.5. The molecule has 2 nitrogen and oxygen atoms in total. The predicted octanol–water partition coefficient (Wildman–Crippen LogP) is 5.63. The van der Waals surface area contributed by atoms with Crippen LogP contribution in [0.1, 0.15) is 51.2 Å². The summed E-state index contributed by atoms with van der Waals surface area (Å²) in [5, 5.41) is 0. The summed E-state index contributed by atoms with van der Waals surface area (Å²) in [5.41, 5.74) is 2.69. The summed E-state index contributed by atoms with van der Waals surface area (Å²) in [5.74, 6) is 1.58. The fourth-order valence-corrected chi connectivity index (χ4v) is 3.97. The zero-order valence-corrected chi connectivity index (χ0v) is 17.0. The summed E-state index contributed by atoms with van der Waals surface area (Å²) in [7, 11) is 0. The Morgan fingerprint density at radius 3 is 2.30 bits per heavy atom. The molecule has 3 heteroatoms. The molecule has 2 unspecified atom stereocenters. The highest BCUT2D eigenvalue weighted by Crippen LogP contribution is 2.34. The van der Waals surface area contributed by atoms with Gasteiger partial charge in [0.2, 0.25) is 0 Å². The zero-order chi connectivity index (χ0) is 19.4. The first-order chi connectivity index (χ1) is 12.9. The van der Waals surface area contributed by atoms with Gasteiger partial charge in [0.15, 0.2) is 0 Å². The molecule has 1 aliphatic rings. The van der Waals surface area contributed by atoms with E-state index in [-0.39, 0.29) is 11.2 Å². The number of hydrogen-bond acceptors (Lipinski definition) is 2. The van der Waals surface area contributed by atoms with Gasteiger partial charge in [0.1, 0.15) is 11.6 Å². The Bertz CT molecular complexity index is 718. The monoisotopic (exact) mass is 369 g/mol. The van der Waals surface area contributed by atoms with E-state index in [1.807, 2.05) is 12.1 Å². The molecule has 0 bridgehead atoms. The quantitative estimate of drug-likeness (QED) is 0.677. The molecule has 1 fully saturated rings. The van der Waals surface area contributed by atoms with E-state index in [4.69, 9.17) is 4.74 Å². The van der Waals surface area contributed by atoms with Crippen molar-refractivity contribution in [2.75, 3.05) is 26.2 Å². The molecule has 0 amide bonds. The van der Waals surface area contributed by atoms with E-state index < -0.39 is 0 Å². The zero-order valence-electron chi connectivity index (χ0n) is 17.0. The van der Waals surface area contributed by atoms with Gasteiger partial charge in [-0.1, -0.05) is 52.0 Å². The van der Waals surface area contributed by atoms with Gasteiger partial charge in [-0.25, -0.2) is 4.39 Å². The van der Waals surface area contributed by atoms with Gasteiger partial charge in [-0.15, -0.1) is 0 Å². The van der Waals surface area contributed by atoms with Crippen molar-refractivity contribution in [2.45, 2.75) is 45.4 Å². The summed E-state index contributed by atoms with van der Waals surface area (Å²) >= 11 is 0. The molecule has 0 saturated carbocycles. The second kappa shape index (κ2) is 8.43. The molecule has 1 saturated heterocycles. The van der Waals surface area contributed by atoms with Crippen LogP contribution in [0.3, 0.4) is 0 Å². The maximum atomic E-state index is 13.3. The average Bonchev–Trinajstić information content (AvgIpc) is 2.66. The van der Waals surface area contributed by atoms with Crippen molar-refractivity contribution >= 4 is 0 Å². The van der Waals surface area contributed by atoms with Crippen molar-refractivity contribution in [3.8, 4) is 5.75 Å². The molecule has 0 radical (unpaired) electrons. The highest BCUT2D eigenvalue weighted by Gasteiger charge is 2.30. The maximum Gasteiger partial charge on any atom is 0.123 e. The Labute approximate surface area is 163 Å². The van der Waals surface area contributed by atoms with E-state index in [0.717, 1.165) is 31.8 Å². The Morgan fingerprint density at radius 1 is 1.04 bits per heavy atom. The third-order valence-corrected chi connectivity index (χ3v) is 5.75. The molecular weight excluding hydrogens is 337 g/mol. The van der Waals surface area contributed by atoms with E-state index in [0.29, 0.717) is 18.4 Å². The molecule has 3 rings (SSSR count). The van der Waals surface area contributed by atoms with E-state index >= 15 is 0 Å². The molecular formula is C24H32FNO. The summed E-state index contributed by atoms with van der Waals surface area (Å²) in [6, 6.07) is 15.5. The molecule has 0 N–H and O–H groups in total. The van der Waals surface area contributed by atoms with Crippen LogP contribution in [0.2, 0.25) is 0 Å².